The number of hydrogen-bond acceptors (Lipinski definition) is 5. The molecule has 0 aliphatic rings. The molecule has 5 nitrogen and oxygen atoms in total. The van der Waals surface area contributed by atoms with Crippen molar-refractivity contribution < 1.29 is 9.90 Å². The van der Waals surface area contributed by atoms with Crippen molar-refractivity contribution in [2.24, 2.45) is 0 Å². The Balaban J connectivity index is 2.09. The molecule has 2 aromatic rings. The Kier molecular flexibility index (Phi) is 4.90. The van der Waals surface area contributed by atoms with Gasteiger partial charge in [0.05, 0.1) is 11.8 Å². The largest absolute Gasteiger partial charge is 0.396 e. The van der Waals surface area contributed by atoms with Crippen LogP contribution in [0.15, 0.2) is 36.5 Å². The second kappa shape index (κ2) is 6.85. The molecule has 0 radical (unpaired) electrons. The molecular formula is C16H19N3O2. The lowest BCUT2D eigenvalue weighted by molar-refractivity contribution is -0.107. The van der Waals surface area contributed by atoms with E-state index in [-0.39, 0.29) is 6.10 Å². The van der Waals surface area contributed by atoms with E-state index in [4.69, 9.17) is 5.73 Å². The summed E-state index contributed by atoms with van der Waals surface area (Å²) in [4.78, 5) is 14.7. The summed E-state index contributed by atoms with van der Waals surface area (Å²) in [5.74, 6) is 0.563. The van der Waals surface area contributed by atoms with Gasteiger partial charge in [-0.15, -0.1) is 0 Å². The predicted molar refractivity (Wildman–Crippen MR) is 83.5 cm³/mol. The highest BCUT2D eigenvalue weighted by Gasteiger charge is 2.04. The first-order valence-corrected chi connectivity index (χ1v) is 6.80. The second-order valence-electron chi connectivity index (χ2n) is 5.03. The van der Waals surface area contributed by atoms with E-state index in [2.05, 4.69) is 10.3 Å². The Morgan fingerprint density at radius 1 is 1.33 bits per heavy atom. The van der Waals surface area contributed by atoms with Crippen molar-refractivity contribution in [3.05, 3.63) is 47.7 Å². The third-order valence-corrected chi connectivity index (χ3v) is 3.04. The Labute approximate surface area is 123 Å². The van der Waals surface area contributed by atoms with E-state index in [0.717, 1.165) is 23.1 Å². The molecular weight excluding hydrogens is 266 g/mol. The third-order valence-electron chi connectivity index (χ3n) is 3.04. The molecule has 0 saturated heterocycles. The van der Waals surface area contributed by atoms with Crippen molar-refractivity contribution in [2.75, 3.05) is 11.1 Å². The quantitative estimate of drug-likeness (QED) is 0.707. The average Bonchev–Trinajstić information content (AvgIpc) is 2.44. The van der Waals surface area contributed by atoms with Gasteiger partial charge in [0.15, 0.2) is 5.82 Å². The Bertz CT molecular complexity index is 609. The standard InChI is InChI=1S/C16H19N3O2/c1-11(21)8-12-2-4-14(5-3-12)19-16-15(17)9-13(6-7-20)10-18-16/h2-5,7,9-11,21H,6,8,17H2,1H3,(H,18,19). The number of nitrogens with one attached hydrogen (secondary N) is 1. The smallest absolute Gasteiger partial charge is 0.153 e. The summed E-state index contributed by atoms with van der Waals surface area (Å²) in [5, 5.41) is 12.5. The molecule has 0 aliphatic carbocycles. The Hall–Kier alpha value is -2.40. The SMILES string of the molecule is CC(O)Cc1ccc(Nc2ncc(CC=O)cc2N)cc1. The molecule has 110 valence electrons. The van der Waals surface area contributed by atoms with Crippen LogP contribution in [0.25, 0.3) is 0 Å². The monoisotopic (exact) mass is 285 g/mol. The lowest BCUT2D eigenvalue weighted by atomic mass is 10.1. The van der Waals surface area contributed by atoms with Gasteiger partial charge in [-0.2, -0.15) is 0 Å². The summed E-state index contributed by atoms with van der Waals surface area (Å²) in [5.41, 5.74) is 9.15. The zero-order chi connectivity index (χ0) is 15.2. The van der Waals surface area contributed by atoms with Crippen LogP contribution < -0.4 is 11.1 Å². The number of nitrogen functional groups attached to an aromatic ring is 1. The molecule has 0 bridgehead atoms. The highest BCUT2D eigenvalue weighted by Crippen LogP contribution is 2.22. The van der Waals surface area contributed by atoms with E-state index in [1.165, 1.54) is 0 Å². The number of nitrogens with two attached hydrogens (primary N) is 1. The maximum Gasteiger partial charge on any atom is 0.153 e. The minimum absolute atomic E-state index is 0.311. The summed E-state index contributed by atoms with van der Waals surface area (Å²) in [6, 6.07) is 9.47. The summed E-state index contributed by atoms with van der Waals surface area (Å²) in [6.07, 6.45) is 3.04. The maximum absolute atomic E-state index is 10.5. The molecule has 2 rings (SSSR count). The second-order valence-corrected chi connectivity index (χ2v) is 5.03. The van der Waals surface area contributed by atoms with Gasteiger partial charge in [0.2, 0.25) is 0 Å². The van der Waals surface area contributed by atoms with Gasteiger partial charge in [-0.3, -0.25) is 0 Å². The number of aliphatic hydroxyl groups excluding tert-OH is 1. The van der Waals surface area contributed by atoms with Gasteiger partial charge in [-0.05, 0) is 42.7 Å². The minimum atomic E-state index is -0.355. The molecule has 5 heteroatoms. The van der Waals surface area contributed by atoms with Gasteiger partial charge in [0.25, 0.3) is 0 Å². The summed E-state index contributed by atoms with van der Waals surface area (Å²) in [7, 11) is 0. The third kappa shape index (κ3) is 4.29. The number of aromatic nitrogens is 1. The number of aliphatic hydroxyl groups is 1. The number of aldehydes is 1. The average molecular weight is 285 g/mol. The molecule has 1 aromatic heterocycles. The van der Waals surface area contributed by atoms with Crippen LogP contribution in [0.4, 0.5) is 17.2 Å². The number of carbonyl (C=O) groups excluding carboxylic acids is 1. The lowest BCUT2D eigenvalue weighted by Gasteiger charge is -2.10. The summed E-state index contributed by atoms with van der Waals surface area (Å²) in [6.45, 7) is 1.76. The van der Waals surface area contributed by atoms with Gasteiger partial charge in [-0.1, -0.05) is 12.1 Å². The van der Waals surface area contributed by atoms with Crippen LogP contribution in [0.5, 0.6) is 0 Å². The molecule has 4 N–H and O–H groups in total. The van der Waals surface area contributed by atoms with Crippen LogP contribution >= 0.6 is 0 Å². The van der Waals surface area contributed by atoms with E-state index < -0.39 is 0 Å². The van der Waals surface area contributed by atoms with E-state index in [9.17, 15) is 9.90 Å². The number of anilines is 3. The van der Waals surface area contributed by atoms with Gasteiger partial charge >= 0.3 is 0 Å². The van der Waals surface area contributed by atoms with Crippen molar-refractivity contribution in [1.29, 1.82) is 0 Å². The maximum atomic E-state index is 10.5. The van der Waals surface area contributed by atoms with Crippen molar-refractivity contribution in [3.63, 3.8) is 0 Å². The number of carbonyl (C=O) groups is 1. The van der Waals surface area contributed by atoms with Crippen molar-refractivity contribution >= 4 is 23.5 Å². The molecule has 21 heavy (non-hydrogen) atoms. The highest BCUT2D eigenvalue weighted by molar-refractivity contribution is 5.70. The van der Waals surface area contributed by atoms with Crippen LogP contribution in [0.1, 0.15) is 18.1 Å². The molecule has 0 saturated carbocycles. The van der Waals surface area contributed by atoms with Crippen molar-refractivity contribution in [2.45, 2.75) is 25.9 Å². The lowest BCUT2D eigenvalue weighted by Crippen LogP contribution is -2.04. The first-order chi connectivity index (χ1) is 10.1. The minimum Gasteiger partial charge on any atom is -0.396 e. The number of benzene rings is 1. The Morgan fingerprint density at radius 3 is 2.62 bits per heavy atom. The number of nitrogens with zero attached hydrogens (tertiary/aromatic N) is 1. The zero-order valence-corrected chi connectivity index (χ0v) is 11.9. The van der Waals surface area contributed by atoms with Crippen LogP contribution in [0, 0.1) is 0 Å². The molecule has 1 heterocycles. The van der Waals surface area contributed by atoms with Crippen molar-refractivity contribution in [1.82, 2.24) is 4.98 Å². The topological polar surface area (TPSA) is 88.2 Å². The van der Waals surface area contributed by atoms with Crippen LogP contribution in [-0.4, -0.2) is 22.5 Å². The number of hydrogen-bond donors (Lipinski definition) is 3. The van der Waals surface area contributed by atoms with Gasteiger partial charge in [0.1, 0.15) is 6.29 Å². The van der Waals surface area contributed by atoms with Gasteiger partial charge < -0.3 is 21.0 Å². The van der Waals surface area contributed by atoms with Gasteiger partial charge in [-0.25, -0.2) is 4.98 Å². The first-order valence-electron chi connectivity index (χ1n) is 6.80. The molecule has 1 atom stereocenters. The molecule has 0 aliphatic heterocycles. The first kappa shape index (κ1) is 15.0. The van der Waals surface area contributed by atoms with E-state index >= 15 is 0 Å². The number of pyridine rings is 1. The van der Waals surface area contributed by atoms with Crippen LogP contribution in [0.3, 0.4) is 0 Å². The van der Waals surface area contributed by atoms with Gasteiger partial charge in [0, 0.05) is 18.3 Å². The number of rotatable bonds is 6. The highest BCUT2D eigenvalue weighted by atomic mass is 16.3. The van der Waals surface area contributed by atoms with E-state index in [0.29, 0.717) is 24.3 Å². The molecule has 1 unspecified atom stereocenters. The normalized spacial score (nSPS) is 11.9. The fourth-order valence-corrected chi connectivity index (χ4v) is 2.04. The predicted octanol–water partition coefficient (Wildman–Crippen LogP) is 2.07. The van der Waals surface area contributed by atoms with E-state index in [1.54, 1.807) is 19.2 Å². The molecule has 1 aromatic carbocycles. The summed E-state index contributed by atoms with van der Waals surface area (Å²) < 4.78 is 0. The van der Waals surface area contributed by atoms with Crippen molar-refractivity contribution in [3.8, 4) is 0 Å². The molecule has 0 amide bonds. The molecule has 0 fully saturated rings. The van der Waals surface area contributed by atoms with E-state index in [1.807, 2.05) is 24.3 Å². The summed E-state index contributed by atoms with van der Waals surface area (Å²) >= 11 is 0. The fraction of sp³-hybridized carbons (Fsp3) is 0.250. The van der Waals surface area contributed by atoms with Crippen LogP contribution in [0.2, 0.25) is 0 Å². The molecule has 0 spiro atoms. The fourth-order valence-electron chi connectivity index (χ4n) is 2.04. The zero-order valence-electron chi connectivity index (χ0n) is 11.9. The Morgan fingerprint density at radius 2 is 2.05 bits per heavy atom. The van der Waals surface area contributed by atoms with Crippen LogP contribution in [-0.2, 0) is 17.6 Å².